The largest absolute Gasteiger partial charge is 0.762 e. The van der Waals surface area contributed by atoms with Crippen LogP contribution in [0.1, 0.15) is 12.8 Å². The number of aliphatic hydroxyl groups is 3. The summed E-state index contributed by atoms with van der Waals surface area (Å²) in [5.74, 6) is -1.95. The van der Waals surface area contributed by atoms with Crippen LogP contribution >= 0.6 is 0 Å². The Morgan fingerprint density at radius 3 is 2.00 bits per heavy atom. The minimum absolute atomic E-state index is 0.459. The summed E-state index contributed by atoms with van der Waals surface area (Å²) in [6.45, 7) is -1.75. The molecule has 5 atom stereocenters. The highest BCUT2D eigenvalue weighted by atomic mass is 16.8. The molecule has 26 heavy (non-hydrogen) atoms. The lowest BCUT2D eigenvalue weighted by molar-refractivity contribution is -0.293. The van der Waals surface area contributed by atoms with Crippen molar-refractivity contribution in [3.05, 3.63) is 10.4 Å². The van der Waals surface area contributed by atoms with E-state index in [4.69, 9.17) is 24.6 Å². The summed E-state index contributed by atoms with van der Waals surface area (Å²) in [6.07, 6.45) is -9.40. The van der Waals surface area contributed by atoms with E-state index in [1.165, 1.54) is 0 Å². The molecule has 0 unspecified atom stereocenters. The van der Waals surface area contributed by atoms with Crippen molar-refractivity contribution in [2.45, 2.75) is 43.5 Å². The van der Waals surface area contributed by atoms with Gasteiger partial charge in [0.2, 0.25) is 6.29 Å². The second kappa shape index (κ2) is 10.6. The molecule has 1 fully saturated rings. The first-order valence-corrected chi connectivity index (χ1v) is 7.43. The van der Waals surface area contributed by atoms with Crippen molar-refractivity contribution in [1.82, 2.24) is 10.5 Å². The summed E-state index contributed by atoms with van der Waals surface area (Å²) in [6, 6.07) is 0. The Hall–Kier alpha value is -1.46. The maximum absolute atomic E-state index is 11.5. The highest BCUT2D eigenvalue weighted by molar-refractivity contribution is 5.70. The molecule has 0 amide bonds. The van der Waals surface area contributed by atoms with Gasteiger partial charge in [-0.05, 0) is 0 Å². The minimum atomic E-state index is -1.82. The van der Waals surface area contributed by atoms with Crippen LogP contribution < -0.4 is 0 Å². The number of hydroxylamine groups is 4. The van der Waals surface area contributed by atoms with E-state index in [9.17, 15) is 35.3 Å². The van der Waals surface area contributed by atoms with Gasteiger partial charge in [0.15, 0.2) is 0 Å². The van der Waals surface area contributed by atoms with Gasteiger partial charge in [-0.1, -0.05) is 0 Å². The lowest BCUT2D eigenvalue weighted by atomic mass is 9.99. The van der Waals surface area contributed by atoms with E-state index < -0.39 is 85.6 Å². The van der Waals surface area contributed by atoms with Gasteiger partial charge in [-0.15, -0.1) is 0 Å². The number of esters is 2. The lowest BCUT2D eigenvalue weighted by Gasteiger charge is -2.39. The Kier molecular flexibility index (Phi) is 9.23. The molecular formula is C12H20N2O12-2. The number of carbonyl (C=O) groups excluding carboxylic acids is 2. The van der Waals surface area contributed by atoms with Crippen LogP contribution in [0, 0.1) is 10.4 Å². The van der Waals surface area contributed by atoms with Gasteiger partial charge in [0, 0.05) is 13.1 Å². The van der Waals surface area contributed by atoms with Crippen LogP contribution in [0.2, 0.25) is 0 Å². The number of nitrogens with zero attached hydrogens (tertiary/aromatic N) is 2. The molecule has 0 aromatic heterocycles. The molecule has 1 aliphatic rings. The number of hydrogen-bond donors (Lipinski definition) is 5. The first-order chi connectivity index (χ1) is 12.1. The SMILES string of the molecule is O=C(CCN([O-])O)OC[C@H]1O[C@@H](OC(=O)CCN([O-])O)[C@@H](O)[C@@H](O)[C@@H]1O. The third-order valence-corrected chi connectivity index (χ3v) is 3.34. The molecule has 1 aliphatic heterocycles. The van der Waals surface area contributed by atoms with E-state index in [-0.39, 0.29) is 0 Å². The minimum Gasteiger partial charge on any atom is -0.762 e. The smallest absolute Gasteiger partial charge is 0.309 e. The molecule has 1 heterocycles. The van der Waals surface area contributed by atoms with Crippen LogP contribution in [-0.4, -0.2) is 98.5 Å². The molecule has 5 N–H and O–H groups in total. The fraction of sp³-hybridized carbons (Fsp3) is 0.833. The Morgan fingerprint density at radius 1 is 0.923 bits per heavy atom. The first kappa shape index (κ1) is 22.6. The fourth-order valence-corrected chi connectivity index (χ4v) is 1.96. The monoisotopic (exact) mass is 384 g/mol. The molecule has 14 heteroatoms. The second-order valence-corrected chi connectivity index (χ2v) is 5.34. The van der Waals surface area contributed by atoms with Crippen molar-refractivity contribution >= 4 is 11.9 Å². The molecule has 0 aliphatic carbocycles. The van der Waals surface area contributed by atoms with Gasteiger partial charge in [0.1, 0.15) is 31.0 Å². The number of hydrogen-bond acceptors (Lipinski definition) is 14. The molecule has 0 bridgehead atoms. The fourth-order valence-electron chi connectivity index (χ4n) is 1.96. The topological polar surface area (TPSA) is 216 Å². The zero-order chi connectivity index (χ0) is 19.9. The van der Waals surface area contributed by atoms with Gasteiger partial charge in [0.25, 0.3) is 0 Å². The Labute approximate surface area is 146 Å². The summed E-state index contributed by atoms with van der Waals surface area (Å²) in [4.78, 5) is 22.9. The van der Waals surface area contributed by atoms with Crippen molar-refractivity contribution in [3.63, 3.8) is 0 Å². The lowest BCUT2D eigenvalue weighted by Crippen LogP contribution is -2.59. The molecule has 0 saturated carbocycles. The van der Waals surface area contributed by atoms with Gasteiger partial charge >= 0.3 is 11.9 Å². The summed E-state index contributed by atoms with van der Waals surface area (Å²) in [7, 11) is 0. The number of aliphatic hydroxyl groups excluding tert-OH is 3. The van der Waals surface area contributed by atoms with Gasteiger partial charge in [-0.25, -0.2) is 0 Å². The van der Waals surface area contributed by atoms with Crippen molar-refractivity contribution in [1.29, 1.82) is 0 Å². The zero-order valence-electron chi connectivity index (χ0n) is 13.4. The summed E-state index contributed by atoms with van der Waals surface area (Å²) >= 11 is 0. The summed E-state index contributed by atoms with van der Waals surface area (Å²) < 4.78 is 14.5. The van der Waals surface area contributed by atoms with E-state index in [1.807, 2.05) is 0 Å². The average molecular weight is 384 g/mol. The average Bonchev–Trinajstić information content (AvgIpc) is 2.57. The summed E-state index contributed by atoms with van der Waals surface area (Å²) in [5, 5.41) is 65.8. The Bertz CT molecular complexity index is 459. The van der Waals surface area contributed by atoms with Crippen LogP contribution in [-0.2, 0) is 23.8 Å². The second-order valence-electron chi connectivity index (χ2n) is 5.34. The molecule has 0 spiro atoms. The molecule has 0 radical (unpaired) electrons. The molecule has 1 saturated heterocycles. The van der Waals surface area contributed by atoms with E-state index in [0.717, 1.165) is 0 Å². The van der Waals surface area contributed by atoms with E-state index >= 15 is 0 Å². The predicted molar refractivity (Wildman–Crippen MR) is 76.7 cm³/mol. The quantitative estimate of drug-likeness (QED) is 0.198. The van der Waals surface area contributed by atoms with Gasteiger partial charge in [0.05, 0.1) is 12.8 Å². The maximum atomic E-state index is 11.5. The van der Waals surface area contributed by atoms with E-state index in [0.29, 0.717) is 0 Å². The Morgan fingerprint density at radius 2 is 1.46 bits per heavy atom. The Balaban J connectivity index is 2.55. The van der Waals surface area contributed by atoms with E-state index in [1.54, 1.807) is 0 Å². The van der Waals surface area contributed by atoms with Gasteiger partial charge in [-0.2, -0.15) is 0 Å². The van der Waals surface area contributed by atoms with Crippen molar-refractivity contribution in [2.75, 3.05) is 19.7 Å². The third kappa shape index (κ3) is 7.42. The van der Waals surface area contributed by atoms with Crippen LogP contribution in [0.15, 0.2) is 0 Å². The van der Waals surface area contributed by atoms with Crippen LogP contribution in [0.25, 0.3) is 0 Å². The molecule has 1 rings (SSSR count). The first-order valence-electron chi connectivity index (χ1n) is 7.43. The molecule has 0 aromatic rings. The highest BCUT2D eigenvalue weighted by Crippen LogP contribution is 2.23. The van der Waals surface area contributed by atoms with Crippen molar-refractivity contribution < 1.29 is 49.5 Å². The number of rotatable bonds is 9. The van der Waals surface area contributed by atoms with E-state index in [2.05, 4.69) is 0 Å². The molecule has 152 valence electrons. The maximum Gasteiger partial charge on any atom is 0.309 e. The zero-order valence-corrected chi connectivity index (χ0v) is 13.4. The van der Waals surface area contributed by atoms with Crippen LogP contribution in [0.3, 0.4) is 0 Å². The molecule has 14 nitrogen and oxygen atoms in total. The normalized spacial score (nSPS) is 29.0. The van der Waals surface area contributed by atoms with Crippen molar-refractivity contribution in [2.24, 2.45) is 0 Å². The molecular weight excluding hydrogens is 364 g/mol. The van der Waals surface area contributed by atoms with Crippen LogP contribution in [0.5, 0.6) is 0 Å². The van der Waals surface area contributed by atoms with Gasteiger partial charge < -0.3 is 50.4 Å². The number of carbonyl (C=O) groups is 2. The predicted octanol–water partition coefficient (Wildman–Crippen LogP) is -2.96. The molecule has 0 aromatic carbocycles. The van der Waals surface area contributed by atoms with Gasteiger partial charge in [-0.3, -0.25) is 20.0 Å². The summed E-state index contributed by atoms with van der Waals surface area (Å²) in [5.41, 5.74) is 0. The third-order valence-electron chi connectivity index (χ3n) is 3.34. The number of ether oxygens (including phenoxy) is 3. The van der Waals surface area contributed by atoms with Crippen molar-refractivity contribution in [3.8, 4) is 0 Å². The van der Waals surface area contributed by atoms with Crippen LogP contribution in [0.4, 0.5) is 0 Å². The highest BCUT2D eigenvalue weighted by Gasteiger charge is 2.46. The standard InChI is InChI=1S/C12H20N2O12/c15-7(1-3-13(20)21)24-5-6-9(17)10(18)11(19)12(25-6)26-8(16)2-4-14(22)23/h6,9-12,17-20,22H,1-5H2/q-2/t6-,9-,10+,11+,12+/m1/s1.